The number of rotatable bonds is 3. The van der Waals surface area contributed by atoms with E-state index in [1.165, 1.54) is 42.2 Å². The molecule has 0 aromatic heterocycles. The second kappa shape index (κ2) is 5.84. The zero-order valence-corrected chi connectivity index (χ0v) is 12.1. The van der Waals surface area contributed by atoms with Crippen molar-refractivity contribution in [2.24, 2.45) is 0 Å². The number of hydrogen-bond acceptors (Lipinski definition) is 1. The van der Waals surface area contributed by atoms with Gasteiger partial charge in [-0.15, -0.1) is 0 Å². The van der Waals surface area contributed by atoms with Gasteiger partial charge >= 0.3 is 0 Å². The number of benzene rings is 2. The number of aryl methyl sites for hydroxylation is 2. The molecule has 0 radical (unpaired) electrons. The first-order chi connectivity index (χ1) is 10.1. The highest BCUT2D eigenvalue weighted by Crippen LogP contribution is 2.28. The van der Waals surface area contributed by atoms with Crippen molar-refractivity contribution in [1.29, 1.82) is 0 Å². The third kappa shape index (κ3) is 2.92. The zero-order chi connectivity index (χ0) is 14.8. The van der Waals surface area contributed by atoms with Gasteiger partial charge in [0.2, 0.25) is 0 Å². The SMILES string of the molecule is CC(Nc1c(F)cccc1F)c1ccc2c(c1)CCCC2. The van der Waals surface area contributed by atoms with Crippen molar-refractivity contribution in [2.45, 2.75) is 38.6 Å². The summed E-state index contributed by atoms with van der Waals surface area (Å²) >= 11 is 0. The molecule has 0 heterocycles. The molecule has 110 valence electrons. The van der Waals surface area contributed by atoms with Gasteiger partial charge in [0.15, 0.2) is 0 Å². The molecular weight excluding hydrogens is 268 g/mol. The van der Waals surface area contributed by atoms with Crippen LogP contribution in [-0.2, 0) is 12.8 Å². The number of para-hydroxylation sites is 1. The molecule has 0 spiro atoms. The summed E-state index contributed by atoms with van der Waals surface area (Å²) in [5.41, 5.74) is 3.80. The van der Waals surface area contributed by atoms with Crippen molar-refractivity contribution in [1.82, 2.24) is 0 Å². The Kier molecular flexibility index (Phi) is 3.91. The van der Waals surface area contributed by atoms with E-state index in [1.807, 2.05) is 6.92 Å². The van der Waals surface area contributed by atoms with Crippen molar-refractivity contribution in [3.05, 3.63) is 64.7 Å². The van der Waals surface area contributed by atoms with E-state index < -0.39 is 11.6 Å². The second-order valence-electron chi connectivity index (χ2n) is 5.70. The van der Waals surface area contributed by atoms with Crippen molar-refractivity contribution in [3.63, 3.8) is 0 Å². The normalized spacial score (nSPS) is 15.4. The first kappa shape index (κ1) is 14.1. The predicted molar refractivity (Wildman–Crippen MR) is 81.5 cm³/mol. The Morgan fingerprint density at radius 1 is 0.952 bits per heavy atom. The van der Waals surface area contributed by atoms with Crippen LogP contribution in [0.15, 0.2) is 36.4 Å². The highest BCUT2D eigenvalue weighted by Gasteiger charge is 2.15. The van der Waals surface area contributed by atoms with E-state index in [0.29, 0.717) is 0 Å². The van der Waals surface area contributed by atoms with Crippen molar-refractivity contribution < 1.29 is 8.78 Å². The van der Waals surface area contributed by atoms with Crippen LogP contribution in [0.4, 0.5) is 14.5 Å². The molecule has 3 heteroatoms. The van der Waals surface area contributed by atoms with E-state index >= 15 is 0 Å². The molecule has 1 unspecified atom stereocenters. The molecule has 21 heavy (non-hydrogen) atoms. The minimum absolute atomic E-state index is 0.0530. The van der Waals surface area contributed by atoms with Crippen LogP contribution in [0.25, 0.3) is 0 Å². The molecule has 1 nitrogen and oxygen atoms in total. The summed E-state index contributed by atoms with van der Waals surface area (Å²) < 4.78 is 27.4. The summed E-state index contributed by atoms with van der Waals surface area (Å²) in [5, 5.41) is 2.95. The Morgan fingerprint density at radius 3 is 2.33 bits per heavy atom. The summed E-state index contributed by atoms with van der Waals surface area (Å²) in [5.74, 6) is -1.11. The molecule has 2 aromatic carbocycles. The maximum absolute atomic E-state index is 13.7. The standard InChI is InChI=1S/C18H19F2N/c1-12(21-18-16(19)7-4-8-17(18)20)14-10-9-13-5-2-3-6-15(13)11-14/h4,7-12,21H,2-3,5-6H2,1H3. The van der Waals surface area contributed by atoms with Crippen molar-refractivity contribution in [3.8, 4) is 0 Å². The predicted octanol–water partition coefficient (Wildman–Crippen LogP) is 5.02. The number of hydrogen-bond donors (Lipinski definition) is 1. The summed E-state index contributed by atoms with van der Waals surface area (Å²) in [6, 6.07) is 10.2. The van der Waals surface area contributed by atoms with Crippen LogP contribution < -0.4 is 5.32 Å². The lowest BCUT2D eigenvalue weighted by Crippen LogP contribution is -2.11. The second-order valence-corrected chi connectivity index (χ2v) is 5.70. The van der Waals surface area contributed by atoms with Gasteiger partial charge < -0.3 is 5.32 Å². The average Bonchev–Trinajstić information content (AvgIpc) is 2.50. The van der Waals surface area contributed by atoms with Crippen molar-refractivity contribution in [2.75, 3.05) is 5.32 Å². The van der Waals surface area contributed by atoms with Gasteiger partial charge in [0, 0.05) is 6.04 Å². The maximum atomic E-state index is 13.7. The van der Waals surface area contributed by atoms with Gasteiger partial charge in [-0.3, -0.25) is 0 Å². The Hall–Kier alpha value is -1.90. The maximum Gasteiger partial charge on any atom is 0.149 e. The molecule has 3 rings (SSSR count). The topological polar surface area (TPSA) is 12.0 Å². The molecule has 0 aliphatic heterocycles. The van der Waals surface area contributed by atoms with Crippen LogP contribution >= 0.6 is 0 Å². The van der Waals surface area contributed by atoms with Crippen LogP contribution in [0.5, 0.6) is 0 Å². The van der Waals surface area contributed by atoms with Crippen molar-refractivity contribution >= 4 is 5.69 Å². The fraction of sp³-hybridized carbons (Fsp3) is 0.333. The lowest BCUT2D eigenvalue weighted by molar-refractivity contribution is 0.584. The molecule has 1 atom stereocenters. The van der Waals surface area contributed by atoms with Gasteiger partial charge in [-0.1, -0.05) is 24.3 Å². The summed E-state index contributed by atoms with van der Waals surface area (Å²) in [6.07, 6.45) is 4.71. The third-order valence-corrected chi connectivity index (χ3v) is 4.20. The van der Waals surface area contributed by atoms with E-state index in [-0.39, 0.29) is 11.7 Å². The lowest BCUT2D eigenvalue weighted by Gasteiger charge is -2.21. The Bertz CT molecular complexity index is 631. The quantitative estimate of drug-likeness (QED) is 0.836. The number of halogens is 2. The minimum Gasteiger partial charge on any atom is -0.374 e. The minimum atomic E-state index is -0.556. The molecule has 2 aromatic rings. The van der Waals surface area contributed by atoms with E-state index in [2.05, 4.69) is 23.5 Å². The zero-order valence-electron chi connectivity index (χ0n) is 12.1. The van der Waals surface area contributed by atoms with Gasteiger partial charge in [-0.25, -0.2) is 8.78 Å². The van der Waals surface area contributed by atoms with Crippen LogP contribution in [0.3, 0.4) is 0 Å². The Morgan fingerprint density at radius 2 is 1.62 bits per heavy atom. The summed E-state index contributed by atoms with van der Waals surface area (Å²) in [7, 11) is 0. The molecule has 0 amide bonds. The molecule has 1 aliphatic rings. The lowest BCUT2D eigenvalue weighted by atomic mass is 9.89. The Labute approximate surface area is 124 Å². The van der Waals surface area contributed by atoms with Gasteiger partial charge in [-0.2, -0.15) is 0 Å². The fourth-order valence-electron chi connectivity index (χ4n) is 2.96. The van der Waals surface area contributed by atoms with Crippen LogP contribution in [-0.4, -0.2) is 0 Å². The van der Waals surface area contributed by atoms with Gasteiger partial charge in [0.1, 0.15) is 17.3 Å². The summed E-state index contributed by atoms with van der Waals surface area (Å²) in [4.78, 5) is 0. The molecule has 1 N–H and O–H groups in total. The highest BCUT2D eigenvalue weighted by atomic mass is 19.1. The fourth-order valence-corrected chi connectivity index (χ4v) is 2.96. The van der Waals surface area contributed by atoms with E-state index in [1.54, 1.807) is 0 Å². The van der Waals surface area contributed by atoms with Crippen LogP contribution in [0.2, 0.25) is 0 Å². The summed E-state index contributed by atoms with van der Waals surface area (Å²) in [6.45, 7) is 1.93. The van der Waals surface area contributed by atoms with E-state index in [0.717, 1.165) is 18.4 Å². The first-order valence-electron chi connectivity index (χ1n) is 7.47. The van der Waals surface area contributed by atoms with Crippen LogP contribution in [0.1, 0.15) is 42.5 Å². The van der Waals surface area contributed by atoms with E-state index in [4.69, 9.17) is 0 Å². The van der Waals surface area contributed by atoms with Gasteiger partial charge in [0.25, 0.3) is 0 Å². The molecule has 0 fully saturated rings. The molecule has 0 saturated carbocycles. The Balaban J connectivity index is 1.84. The van der Waals surface area contributed by atoms with Gasteiger partial charge in [-0.05, 0) is 61.4 Å². The largest absolute Gasteiger partial charge is 0.374 e. The first-order valence-corrected chi connectivity index (χ1v) is 7.47. The number of fused-ring (bicyclic) bond motifs is 1. The number of nitrogens with one attached hydrogen (secondary N) is 1. The molecule has 0 saturated heterocycles. The monoisotopic (exact) mass is 287 g/mol. The molecule has 0 bridgehead atoms. The van der Waals surface area contributed by atoms with E-state index in [9.17, 15) is 8.78 Å². The highest BCUT2D eigenvalue weighted by molar-refractivity contribution is 5.48. The molecular formula is C18H19F2N. The van der Waals surface area contributed by atoms with Gasteiger partial charge in [0.05, 0.1) is 0 Å². The average molecular weight is 287 g/mol. The smallest absolute Gasteiger partial charge is 0.149 e. The number of anilines is 1. The van der Waals surface area contributed by atoms with Crippen LogP contribution in [0, 0.1) is 11.6 Å². The third-order valence-electron chi connectivity index (χ3n) is 4.20. The molecule has 1 aliphatic carbocycles.